The van der Waals surface area contributed by atoms with Crippen LogP contribution in [-0.2, 0) is 0 Å². The fourth-order valence-corrected chi connectivity index (χ4v) is 1.05. The molecule has 5 heteroatoms. The van der Waals surface area contributed by atoms with Crippen LogP contribution in [0.2, 0.25) is 0 Å². The Balaban J connectivity index is 3.93. The van der Waals surface area contributed by atoms with Crippen LogP contribution in [0.15, 0.2) is 0 Å². The predicted octanol–water partition coefficient (Wildman–Crippen LogP) is -1.08. The number of hydrogen-bond acceptors (Lipinski definition) is 0. The van der Waals surface area contributed by atoms with Crippen LogP contribution in [-0.4, -0.2) is 39.6 Å². The fraction of sp³-hybridized carbons (Fsp3) is 1.00. The maximum absolute atomic E-state index is 5.64. The van der Waals surface area contributed by atoms with Gasteiger partial charge in [0.1, 0.15) is 0 Å². The Hall–Kier alpha value is 0.610. The normalized spacial score (nSPS) is 10.9. The summed E-state index contributed by atoms with van der Waals surface area (Å²) in [6, 6.07) is 0. The summed E-state index contributed by atoms with van der Waals surface area (Å²) < 4.78 is 0. The van der Waals surface area contributed by atoms with Crippen molar-refractivity contribution in [3.8, 4) is 0 Å². The molecule has 0 heterocycles. The van der Waals surface area contributed by atoms with Gasteiger partial charge in [0.05, 0.1) is 0 Å². The average Bonchev–Trinajstić information content (AvgIpc) is 1.30. The van der Waals surface area contributed by atoms with E-state index in [-0.39, 0.29) is 0 Å². The summed E-state index contributed by atoms with van der Waals surface area (Å²) in [5, 5.41) is 0. The van der Waals surface area contributed by atoms with Crippen molar-refractivity contribution in [1.82, 2.24) is 0 Å². The summed E-state index contributed by atoms with van der Waals surface area (Å²) in [5.41, 5.74) is 0. The van der Waals surface area contributed by atoms with Gasteiger partial charge in [0.25, 0.3) is 0 Å². The second kappa shape index (κ2) is 2.81. The summed E-state index contributed by atoms with van der Waals surface area (Å²) in [6.45, 7) is 7.64. The first-order valence-corrected chi connectivity index (χ1v) is 4.77. The number of hydrogen-bond donors (Lipinski definition) is 0. The average molecular weight is 107 g/mol. The van der Waals surface area contributed by atoms with Crippen LogP contribution in [0.25, 0.3) is 0 Å². The molecule has 0 atom stereocenters. The van der Waals surface area contributed by atoms with Gasteiger partial charge in [0.15, 0.2) is 0 Å². The van der Waals surface area contributed by atoms with Crippen LogP contribution in [0, 0.1) is 0 Å². The van der Waals surface area contributed by atoms with Gasteiger partial charge in [0.2, 0.25) is 0 Å². The van der Waals surface area contributed by atoms with Gasteiger partial charge in [-0.25, -0.2) is 0 Å². The van der Waals surface area contributed by atoms with Gasteiger partial charge in [-0.15, -0.1) is 0 Å². The molecule has 0 aliphatic heterocycles. The van der Waals surface area contributed by atoms with Crippen molar-refractivity contribution in [3.63, 3.8) is 0 Å². The van der Waals surface area contributed by atoms with E-state index < -0.39 is 9.12 Å². The van der Waals surface area contributed by atoms with Crippen molar-refractivity contribution in [2.45, 2.75) is 0 Å². The molecule has 0 saturated carbocycles. The van der Waals surface area contributed by atoms with Crippen LogP contribution in [0.5, 0.6) is 0 Å². The Bertz CT molecular complexity index is 152. The van der Waals surface area contributed by atoms with Crippen LogP contribution in [0.1, 0.15) is 0 Å². The van der Waals surface area contributed by atoms with Crippen molar-refractivity contribution in [2.75, 3.05) is 12.5 Å². The van der Waals surface area contributed by atoms with Gasteiger partial charge < -0.3 is 0 Å². The summed E-state index contributed by atoms with van der Waals surface area (Å²) in [4.78, 5) is 0. The Morgan fingerprint density at radius 2 is 2.00 bits per heavy atom. The Labute approximate surface area is 49.3 Å². The standard InChI is InChI=1S/C2H8B4S/c1-7(2,4)6-5-3/h3H2,1-2H3. The van der Waals surface area contributed by atoms with Gasteiger partial charge in [-0.1, -0.05) is 0 Å². The Morgan fingerprint density at radius 3 is 2.00 bits per heavy atom. The molecule has 0 aliphatic carbocycles. The van der Waals surface area contributed by atoms with Crippen LogP contribution in [0.3, 0.4) is 0 Å². The molecule has 0 unspecified atom stereocenters. The third-order valence-electron chi connectivity index (χ3n) is 0.487. The van der Waals surface area contributed by atoms with E-state index in [2.05, 4.69) is 0 Å². The monoisotopic (exact) mass is 108 g/mol. The summed E-state index contributed by atoms with van der Waals surface area (Å²) in [7, 11) is 1.13. The molecule has 0 bridgehead atoms. The van der Waals surface area contributed by atoms with Gasteiger partial charge in [-0.2, -0.15) is 0 Å². The van der Waals surface area contributed by atoms with Crippen molar-refractivity contribution in [1.29, 1.82) is 0 Å². The molecule has 0 amide bonds. The first kappa shape index (κ1) is 7.61. The van der Waals surface area contributed by atoms with Gasteiger partial charge in [-0.05, 0) is 0 Å². The molecule has 0 radical (unpaired) electrons. The third-order valence-corrected chi connectivity index (χ3v) is 1.46. The predicted molar refractivity (Wildman–Crippen MR) is 45.2 cm³/mol. The molecule has 0 aromatic carbocycles. The molecule has 0 saturated heterocycles. The molecular weight excluding hydrogens is 99.3 g/mol. The van der Waals surface area contributed by atoms with E-state index in [0.29, 0.717) is 0 Å². The van der Waals surface area contributed by atoms with Crippen molar-refractivity contribution < 1.29 is 0 Å². The zero-order chi connectivity index (χ0) is 5.91. The van der Waals surface area contributed by atoms with E-state index in [1.165, 1.54) is 0 Å². The van der Waals surface area contributed by atoms with E-state index >= 15 is 0 Å². The molecule has 0 rings (SSSR count). The Kier molecular flexibility index (Phi) is 3.05. The van der Waals surface area contributed by atoms with E-state index in [9.17, 15) is 0 Å². The molecule has 0 aromatic heterocycles. The van der Waals surface area contributed by atoms with E-state index in [1.54, 1.807) is 0 Å². The summed E-state index contributed by atoms with van der Waals surface area (Å²) in [6.07, 6.45) is 6.15. The van der Waals surface area contributed by atoms with E-state index in [1.807, 2.05) is 33.0 Å². The van der Waals surface area contributed by atoms with Crippen molar-refractivity contribution >= 4 is 36.2 Å². The van der Waals surface area contributed by atoms with Gasteiger partial charge in [0, 0.05) is 0 Å². The maximum atomic E-state index is 5.64. The van der Waals surface area contributed by atoms with Crippen LogP contribution >= 0.6 is 9.12 Å². The quantitative estimate of drug-likeness (QED) is 0.346. The van der Waals surface area contributed by atoms with Gasteiger partial charge >= 0.3 is 48.7 Å². The minimum absolute atomic E-state index is 0.855. The first-order valence-electron chi connectivity index (χ1n) is 2.20. The first-order chi connectivity index (χ1) is 3.06. The van der Waals surface area contributed by atoms with Crippen molar-refractivity contribution in [2.24, 2.45) is 0 Å². The molecule has 7 heavy (non-hydrogen) atoms. The summed E-state index contributed by atoms with van der Waals surface area (Å²) >= 11 is 0. The van der Waals surface area contributed by atoms with Crippen molar-refractivity contribution in [3.05, 3.63) is 0 Å². The molecule has 0 N–H and O–H groups in total. The van der Waals surface area contributed by atoms with Gasteiger partial charge in [-0.3, -0.25) is 0 Å². The Morgan fingerprint density at radius 1 is 1.57 bits per heavy atom. The zero-order valence-electron chi connectivity index (χ0n) is 5.14. The number of rotatable bonds is 0. The topological polar surface area (TPSA) is 0 Å². The molecule has 0 aliphatic rings. The van der Waals surface area contributed by atoms with E-state index in [0.717, 1.165) is 0 Å². The molecular formula is C2H8B4S. The second-order valence-corrected chi connectivity index (χ2v) is 5.20. The zero-order valence-corrected chi connectivity index (χ0v) is 5.96. The summed E-state index contributed by atoms with van der Waals surface area (Å²) in [5.74, 6) is 0. The SMILES string of the molecule is B#S(C)(C)B=BB. The van der Waals surface area contributed by atoms with Crippen LogP contribution in [0.4, 0.5) is 0 Å². The molecule has 0 aromatic rings. The van der Waals surface area contributed by atoms with Crippen LogP contribution < -0.4 is 0 Å². The fourth-order valence-electron chi connectivity index (χ4n) is 0.351. The minimum atomic E-state index is -0.855. The molecule has 0 spiro atoms. The second-order valence-electron chi connectivity index (χ2n) is 1.96. The molecule has 0 fully saturated rings. The third kappa shape index (κ3) is 6.61. The molecule has 34 valence electrons. The van der Waals surface area contributed by atoms with E-state index in [4.69, 9.17) is 6.53 Å². The molecule has 0 nitrogen and oxygen atoms in total.